The third-order valence-corrected chi connectivity index (χ3v) is 8.91. The summed E-state index contributed by atoms with van der Waals surface area (Å²) in [5, 5.41) is 31.6. The number of aryl methyl sites for hydroxylation is 1. The van der Waals surface area contributed by atoms with Crippen molar-refractivity contribution in [2.24, 2.45) is 0 Å². The molecule has 1 aliphatic heterocycles. The molecule has 0 saturated carbocycles. The van der Waals surface area contributed by atoms with E-state index in [1.54, 1.807) is 30.3 Å². The lowest BCUT2D eigenvalue weighted by atomic mass is 9.86. The molecule has 0 bridgehead atoms. The van der Waals surface area contributed by atoms with Crippen LogP contribution in [0.15, 0.2) is 94.3 Å². The van der Waals surface area contributed by atoms with Gasteiger partial charge in [-0.05, 0) is 36.8 Å². The van der Waals surface area contributed by atoms with Crippen LogP contribution in [0.5, 0.6) is 23.0 Å². The molecule has 0 spiro atoms. The molecule has 0 aromatic heterocycles. The van der Waals surface area contributed by atoms with E-state index in [2.05, 4.69) is 15.9 Å². The zero-order valence-electron chi connectivity index (χ0n) is 23.3. The first-order valence-corrected chi connectivity index (χ1v) is 15.7. The Morgan fingerprint density at radius 2 is 1.67 bits per heavy atom. The van der Waals surface area contributed by atoms with Crippen LogP contribution in [0.2, 0.25) is 0 Å². The van der Waals surface area contributed by atoms with Crippen molar-refractivity contribution in [2.75, 3.05) is 19.8 Å². The zero-order chi connectivity index (χ0) is 30.6. The first kappa shape index (κ1) is 30.8. The molecule has 0 radical (unpaired) electrons. The van der Waals surface area contributed by atoms with E-state index in [0.717, 1.165) is 11.1 Å². The Morgan fingerprint density at radius 1 is 0.930 bits per heavy atom. The Kier molecular flexibility index (Phi) is 9.28. The lowest BCUT2D eigenvalue weighted by molar-refractivity contribution is -0.0797. The molecule has 2 atom stereocenters. The van der Waals surface area contributed by atoms with E-state index in [9.17, 15) is 18.6 Å². The molecular formula is C32H31BrO9S. The minimum absolute atomic E-state index is 0.0403. The van der Waals surface area contributed by atoms with Gasteiger partial charge in [-0.2, -0.15) is 8.42 Å². The Labute approximate surface area is 258 Å². The quantitative estimate of drug-likeness (QED) is 0.138. The van der Waals surface area contributed by atoms with Crippen LogP contribution in [0.3, 0.4) is 0 Å². The van der Waals surface area contributed by atoms with Gasteiger partial charge < -0.3 is 33.7 Å². The number of aliphatic hydroxyl groups is 3. The maximum absolute atomic E-state index is 13.3. The van der Waals surface area contributed by atoms with Crippen molar-refractivity contribution in [1.82, 2.24) is 0 Å². The highest BCUT2D eigenvalue weighted by atomic mass is 79.9. The van der Waals surface area contributed by atoms with Gasteiger partial charge in [-0.3, -0.25) is 0 Å². The summed E-state index contributed by atoms with van der Waals surface area (Å²) < 4.78 is 50.5. The van der Waals surface area contributed by atoms with Crippen LogP contribution in [0.4, 0.5) is 0 Å². The van der Waals surface area contributed by atoms with Gasteiger partial charge in [0.1, 0.15) is 28.8 Å². The van der Waals surface area contributed by atoms with Crippen LogP contribution in [-0.2, 0) is 22.3 Å². The van der Waals surface area contributed by atoms with Gasteiger partial charge >= 0.3 is 10.1 Å². The van der Waals surface area contributed by atoms with Crippen molar-refractivity contribution >= 4 is 26.0 Å². The zero-order valence-corrected chi connectivity index (χ0v) is 25.7. The fourth-order valence-corrected chi connectivity index (χ4v) is 6.25. The molecule has 1 heterocycles. The van der Waals surface area contributed by atoms with Crippen molar-refractivity contribution in [2.45, 2.75) is 36.6 Å². The van der Waals surface area contributed by atoms with Crippen LogP contribution in [0.1, 0.15) is 34.8 Å². The predicted molar refractivity (Wildman–Crippen MR) is 162 cm³/mol. The minimum Gasteiger partial charge on any atom is -0.493 e. The molecule has 0 amide bonds. The summed E-state index contributed by atoms with van der Waals surface area (Å²) in [6, 6.07) is 23.8. The molecule has 226 valence electrons. The van der Waals surface area contributed by atoms with E-state index in [1.165, 1.54) is 24.3 Å². The first-order valence-electron chi connectivity index (χ1n) is 13.5. The van der Waals surface area contributed by atoms with Gasteiger partial charge in [-0.1, -0.05) is 70.0 Å². The highest BCUT2D eigenvalue weighted by Crippen LogP contribution is 2.55. The van der Waals surface area contributed by atoms with Crippen molar-refractivity contribution in [3.8, 4) is 23.0 Å². The average molecular weight is 672 g/mol. The molecule has 11 heteroatoms. The molecule has 0 saturated heterocycles. The Balaban J connectivity index is 1.50. The molecule has 4 aromatic carbocycles. The van der Waals surface area contributed by atoms with Gasteiger partial charge in [0.15, 0.2) is 17.5 Å². The standard InChI is InChI=1S/C32H31BrO9S/c1-21-8-11-25(12-9-21)43(37,38)42-29-18-24(39-15-5-14-34)17-28-30(29)32(36,20-35)31(41-28)26-13-10-23(16-27(26)33)40-19-22-6-3-2-4-7-22/h2-4,6-13,16-18,31,34-36H,5,14-15,19-20H2,1H3/t31-,32+/m0/s1. The number of halogens is 1. The van der Waals surface area contributed by atoms with Gasteiger partial charge in [0, 0.05) is 35.2 Å². The third kappa shape index (κ3) is 6.66. The van der Waals surface area contributed by atoms with E-state index in [1.807, 2.05) is 37.3 Å². The number of ether oxygens (including phenoxy) is 3. The lowest BCUT2D eigenvalue weighted by Gasteiger charge is -2.28. The SMILES string of the molecule is Cc1ccc(S(=O)(=O)Oc2cc(OCCCO)cc3c2[C@](O)(CO)[C@H](c2ccc(OCc4ccccc4)cc2Br)O3)cc1. The fraction of sp³-hybridized carbons (Fsp3) is 0.250. The summed E-state index contributed by atoms with van der Waals surface area (Å²) in [5.74, 6) is 0.588. The first-order chi connectivity index (χ1) is 20.6. The monoisotopic (exact) mass is 670 g/mol. The summed E-state index contributed by atoms with van der Waals surface area (Å²) in [6.07, 6.45) is -0.813. The predicted octanol–water partition coefficient (Wildman–Crippen LogP) is 5.18. The van der Waals surface area contributed by atoms with E-state index in [4.69, 9.17) is 23.5 Å². The molecule has 1 aliphatic rings. The summed E-state index contributed by atoms with van der Waals surface area (Å²) in [7, 11) is -4.35. The molecule has 0 unspecified atom stereocenters. The van der Waals surface area contributed by atoms with Gasteiger partial charge in [0.25, 0.3) is 0 Å². The highest BCUT2D eigenvalue weighted by Gasteiger charge is 2.52. The van der Waals surface area contributed by atoms with Crippen molar-refractivity contribution in [1.29, 1.82) is 0 Å². The van der Waals surface area contributed by atoms with Crippen LogP contribution in [0.25, 0.3) is 0 Å². The van der Waals surface area contributed by atoms with Gasteiger partial charge in [0.05, 0.1) is 18.8 Å². The molecular weight excluding hydrogens is 640 g/mol. The van der Waals surface area contributed by atoms with Crippen molar-refractivity contribution in [3.05, 3.63) is 112 Å². The number of rotatable bonds is 12. The van der Waals surface area contributed by atoms with Gasteiger partial charge in [-0.25, -0.2) is 0 Å². The normalized spacial score (nSPS) is 17.7. The molecule has 5 rings (SSSR count). The smallest absolute Gasteiger partial charge is 0.339 e. The average Bonchev–Trinajstić information content (AvgIpc) is 3.29. The van der Waals surface area contributed by atoms with E-state index >= 15 is 0 Å². The van der Waals surface area contributed by atoms with Crippen LogP contribution < -0.4 is 18.4 Å². The molecule has 9 nitrogen and oxygen atoms in total. The second-order valence-corrected chi connectivity index (χ2v) is 12.5. The molecule has 3 N–H and O–H groups in total. The van der Waals surface area contributed by atoms with Crippen LogP contribution >= 0.6 is 15.9 Å². The Hall–Kier alpha value is -3.61. The van der Waals surface area contributed by atoms with E-state index < -0.39 is 28.4 Å². The molecule has 4 aromatic rings. The summed E-state index contributed by atoms with van der Waals surface area (Å²) in [6.45, 7) is 1.42. The van der Waals surface area contributed by atoms with Crippen LogP contribution in [-0.4, -0.2) is 43.6 Å². The van der Waals surface area contributed by atoms with Crippen LogP contribution in [0, 0.1) is 6.92 Å². The highest BCUT2D eigenvalue weighted by molar-refractivity contribution is 9.10. The topological polar surface area (TPSA) is 132 Å². The van der Waals surface area contributed by atoms with E-state index in [0.29, 0.717) is 28.8 Å². The Bertz CT molecular complexity index is 1680. The van der Waals surface area contributed by atoms with Gasteiger partial charge in [0.2, 0.25) is 0 Å². The summed E-state index contributed by atoms with van der Waals surface area (Å²) in [5.41, 5.74) is 0.215. The Morgan fingerprint density at radius 3 is 2.35 bits per heavy atom. The largest absolute Gasteiger partial charge is 0.493 e. The number of hydrogen-bond donors (Lipinski definition) is 3. The third-order valence-electron chi connectivity index (χ3n) is 6.98. The fourth-order valence-electron chi connectivity index (χ4n) is 4.75. The number of hydrogen-bond acceptors (Lipinski definition) is 9. The summed E-state index contributed by atoms with van der Waals surface area (Å²) in [4.78, 5) is -0.0877. The molecule has 0 fully saturated rings. The number of aliphatic hydroxyl groups excluding tert-OH is 2. The van der Waals surface area contributed by atoms with Crippen molar-refractivity contribution in [3.63, 3.8) is 0 Å². The number of benzene rings is 4. The second-order valence-electron chi connectivity index (χ2n) is 10.1. The maximum atomic E-state index is 13.3. The number of fused-ring (bicyclic) bond motifs is 1. The van der Waals surface area contributed by atoms with Crippen molar-refractivity contribution < 1.29 is 42.1 Å². The lowest BCUT2D eigenvalue weighted by Crippen LogP contribution is -2.36. The van der Waals surface area contributed by atoms with E-state index in [-0.39, 0.29) is 40.9 Å². The second kappa shape index (κ2) is 12.9. The van der Waals surface area contributed by atoms with Gasteiger partial charge in [-0.15, -0.1) is 0 Å². The molecule has 0 aliphatic carbocycles. The molecule has 43 heavy (non-hydrogen) atoms. The summed E-state index contributed by atoms with van der Waals surface area (Å²) >= 11 is 3.54. The minimum atomic E-state index is -4.35. The maximum Gasteiger partial charge on any atom is 0.339 e.